The standard InChI is InChI=1S/C21H21F4N5/c22-14-6-15-13(8-27-20(15)28-9-14)7-26-17-5-4-12-10-30(11-16(12)17)19-3-1-2-18(29-19)21(23,24)25/h1-3,6,8-9,12,16-17,26H,4-5,7,10-11H2,(H,27,28)/t12-,16+,17+/m1/s1. The molecule has 2 aliphatic rings. The average molecular weight is 419 g/mol. The number of alkyl halides is 3. The van der Waals surface area contributed by atoms with E-state index in [4.69, 9.17) is 0 Å². The Morgan fingerprint density at radius 2 is 2.07 bits per heavy atom. The number of hydrogen-bond acceptors (Lipinski definition) is 4. The van der Waals surface area contributed by atoms with E-state index in [0.29, 0.717) is 36.4 Å². The van der Waals surface area contributed by atoms with Gasteiger partial charge in [0, 0.05) is 37.3 Å². The highest BCUT2D eigenvalue weighted by Gasteiger charge is 2.43. The predicted molar refractivity (Wildman–Crippen MR) is 104 cm³/mol. The monoisotopic (exact) mass is 419 g/mol. The van der Waals surface area contributed by atoms with Crippen LogP contribution < -0.4 is 10.2 Å². The van der Waals surface area contributed by atoms with Crippen molar-refractivity contribution in [2.75, 3.05) is 18.0 Å². The maximum atomic E-state index is 13.5. The van der Waals surface area contributed by atoms with Crippen LogP contribution in [0.3, 0.4) is 0 Å². The van der Waals surface area contributed by atoms with Crippen LogP contribution >= 0.6 is 0 Å². The lowest BCUT2D eigenvalue weighted by atomic mass is 9.97. The Labute approximate surface area is 170 Å². The lowest BCUT2D eigenvalue weighted by molar-refractivity contribution is -0.141. The van der Waals surface area contributed by atoms with Gasteiger partial charge in [-0.3, -0.25) is 0 Å². The number of H-pyrrole nitrogens is 1. The third-order valence-corrected chi connectivity index (χ3v) is 6.34. The normalized spacial score (nSPS) is 24.0. The number of anilines is 1. The van der Waals surface area contributed by atoms with Gasteiger partial charge in [0.2, 0.25) is 0 Å². The fourth-order valence-electron chi connectivity index (χ4n) is 4.88. The van der Waals surface area contributed by atoms with Gasteiger partial charge in [-0.2, -0.15) is 13.2 Å². The fraction of sp³-hybridized carbons (Fsp3) is 0.429. The van der Waals surface area contributed by atoms with Crippen LogP contribution in [0.2, 0.25) is 0 Å². The molecule has 158 valence electrons. The molecule has 9 heteroatoms. The van der Waals surface area contributed by atoms with Gasteiger partial charge in [-0.05, 0) is 48.4 Å². The van der Waals surface area contributed by atoms with Crippen LogP contribution in [-0.4, -0.2) is 34.1 Å². The van der Waals surface area contributed by atoms with E-state index in [-0.39, 0.29) is 11.9 Å². The van der Waals surface area contributed by atoms with Crippen LogP contribution in [0.15, 0.2) is 36.7 Å². The summed E-state index contributed by atoms with van der Waals surface area (Å²) in [5.41, 5.74) is 0.752. The Kier molecular flexibility index (Phi) is 4.65. The Morgan fingerprint density at radius 1 is 1.20 bits per heavy atom. The van der Waals surface area contributed by atoms with Gasteiger partial charge in [-0.1, -0.05) is 6.07 Å². The molecule has 5 rings (SSSR count). The predicted octanol–water partition coefficient (Wildman–Crippen LogP) is 4.12. The first-order valence-electron chi connectivity index (χ1n) is 10.0. The summed E-state index contributed by atoms with van der Waals surface area (Å²) in [6.45, 7) is 1.99. The molecule has 0 amide bonds. The van der Waals surface area contributed by atoms with E-state index in [1.54, 1.807) is 6.07 Å². The van der Waals surface area contributed by atoms with Crippen LogP contribution in [0.5, 0.6) is 0 Å². The minimum atomic E-state index is -4.44. The van der Waals surface area contributed by atoms with Gasteiger partial charge in [0.05, 0.1) is 6.20 Å². The topological polar surface area (TPSA) is 56.8 Å². The number of nitrogens with one attached hydrogen (secondary N) is 2. The van der Waals surface area contributed by atoms with Gasteiger partial charge in [0.15, 0.2) is 0 Å². The number of aromatic nitrogens is 3. The summed E-state index contributed by atoms with van der Waals surface area (Å²) in [4.78, 5) is 12.9. The quantitative estimate of drug-likeness (QED) is 0.625. The zero-order valence-corrected chi connectivity index (χ0v) is 16.1. The maximum absolute atomic E-state index is 13.5. The SMILES string of the molecule is Fc1cnc2[nH]cc(CN[C@H]3CC[C@@H]4CN(c5cccc(C(F)(F)F)n5)C[C@@H]43)c2c1. The molecule has 2 fully saturated rings. The first-order valence-corrected chi connectivity index (χ1v) is 10.0. The largest absolute Gasteiger partial charge is 0.433 e. The highest BCUT2D eigenvalue weighted by Crippen LogP contribution is 2.40. The fourth-order valence-corrected chi connectivity index (χ4v) is 4.88. The van der Waals surface area contributed by atoms with Crippen molar-refractivity contribution >= 4 is 16.9 Å². The Morgan fingerprint density at radius 3 is 2.90 bits per heavy atom. The van der Waals surface area contributed by atoms with Gasteiger partial charge < -0.3 is 15.2 Å². The third kappa shape index (κ3) is 3.51. The Hall–Kier alpha value is -2.68. The second kappa shape index (κ2) is 7.23. The summed E-state index contributed by atoms with van der Waals surface area (Å²) in [6, 6.07) is 5.80. The molecule has 0 spiro atoms. The zero-order valence-electron chi connectivity index (χ0n) is 16.1. The molecule has 0 radical (unpaired) electrons. The second-order valence-electron chi connectivity index (χ2n) is 8.14. The van der Waals surface area contributed by atoms with Crippen molar-refractivity contribution in [1.29, 1.82) is 0 Å². The summed E-state index contributed by atoms with van der Waals surface area (Å²) in [5.74, 6) is 0.794. The number of rotatable bonds is 4. The molecule has 2 N–H and O–H groups in total. The van der Waals surface area contributed by atoms with E-state index in [1.807, 2.05) is 11.1 Å². The van der Waals surface area contributed by atoms with Crippen molar-refractivity contribution in [2.45, 2.75) is 31.6 Å². The molecule has 3 aromatic heterocycles. The molecule has 5 nitrogen and oxygen atoms in total. The number of halogens is 4. The highest BCUT2D eigenvalue weighted by molar-refractivity contribution is 5.79. The molecule has 0 bridgehead atoms. The number of nitrogens with zero attached hydrogens (tertiary/aromatic N) is 3. The molecule has 1 aliphatic heterocycles. The smallest absolute Gasteiger partial charge is 0.356 e. The molecular weight excluding hydrogens is 398 g/mol. The van der Waals surface area contributed by atoms with E-state index < -0.39 is 11.9 Å². The van der Waals surface area contributed by atoms with Crippen molar-refractivity contribution in [1.82, 2.24) is 20.3 Å². The zero-order chi connectivity index (χ0) is 20.9. The molecule has 4 heterocycles. The lowest BCUT2D eigenvalue weighted by Gasteiger charge is -2.23. The summed E-state index contributed by atoms with van der Waals surface area (Å²) >= 11 is 0. The van der Waals surface area contributed by atoms with Crippen molar-refractivity contribution in [3.8, 4) is 0 Å². The van der Waals surface area contributed by atoms with Crippen LogP contribution in [0.4, 0.5) is 23.4 Å². The molecule has 3 aromatic rings. The van der Waals surface area contributed by atoms with Crippen molar-refractivity contribution in [3.05, 3.63) is 53.7 Å². The minimum Gasteiger partial charge on any atom is -0.356 e. The van der Waals surface area contributed by atoms with Gasteiger partial charge in [-0.25, -0.2) is 14.4 Å². The summed E-state index contributed by atoms with van der Waals surface area (Å²) in [5, 5.41) is 4.34. The van der Waals surface area contributed by atoms with Crippen molar-refractivity contribution in [2.24, 2.45) is 11.8 Å². The minimum absolute atomic E-state index is 0.261. The second-order valence-corrected chi connectivity index (χ2v) is 8.14. The van der Waals surface area contributed by atoms with Crippen LogP contribution in [0.1, 0.15) is 24.1 Å². The van der Waals surface area contributed by atoms with Gasteiger partial charge in [0.25, 0.3) is 0 Å². The molecule has 30 heavy (non-hydrogen) atoms. The number of pyridine rings is 2. The average Bonchev–Trinajstić information content (AvgIpc) is 3.40. The first kappa shape index (κ1) is 19.3. The molecule has 1 aliphatic carbocycles. The molecule has 1 saturated carbocycles. The van der Waals surface area contributed by atoms with Crippen LogP contribution in [0.25, 0.3) is 11.0 Å². The molecule has 1 saturated heterocycles. The van der Waals surface area contributed by atoms with E-state index in [1.165, 1.54) is 18.3 Å². The van der Waals surface area contributed by atoms with Crippen molar-refractivity contribution in [3.63, 3.8) is 0 Å². The van der Waals surface area contributed by atoms with Crippen LogP contribution in [0, 0.1) is 17.7 Å². The lowest BCUT2D eigenvalue weighted by Crippen LogP contribution is -2.35. The van der Waals surface area contributed by atoms with E-state index >= 15 is 0 Å². The van der Waals surface area contributed by atoms with E-state index in [0.717, 1.165) is 36.4 Å². The van der Waals surface area contributed by atoms with Crippen LogP contribution in [-0.2, 0) is 12.7 Å². The van der Waals surface area contributed by atoms with E-state index in [9.17, 15) is 17.6 Å². The molecule has 0 unspecified atom stereocenters. The first-order chi connectivity index (χ1) is 14.4. The molecule has 0 aromatic carbocycles. The van der Waals surface area contributed by atoms with Gasteiger partial charge >= 0.3 is 6.18 Å². The number of hydrogen-bond donors (Lipinski definition) is 2. The Balaban J connectivity index is 1.27. The van der Waals surface area contributed by atoms with Gasteiger partial charge in [0.1, 0.15) is 23.0 Å². The summed E-state index contributed by atoms with van der Waals surface area (Å²) < 4.78 is 52.5. The van der Waals surface area contributed by atoms with Gasteiger partial charge in [-0.15, -0.1) is 0 Å². The van der Waals surface area contributed by atoms with E-state index in [2.05, 4.69) is 20.3 Å². The van der Waals surface area contributed by atoms with Crippen molar-refractivity contribution < 1.29 is 17.6 Å². The number of fused-ring (bicyclic) bond motifs is 2. The number of aromatic amines is 1. The maximum Gasteiger partial charge on any atom is 0.433 e. The molecule has 3 atom stereocenters. The third-order valence-electron chi connectivity index (χ3n) is 6.34. The molecular formula is C21H21F4N5. The Bertz CT molecular complexity index is 1060. The highest BCUT2D eigenvalue weighted by atomic mass is 19.4. The summed E-state index contributed by atoms with van der Waals surface area (Å²) in [6.07, 6.45) is 0.635. The summed E-state index contributed by atoms with van der Waals surface area (Å²) in [7, 11) is 0.